The summed E-state index contributed by atoms with van der Waals surface area (Å²) in [5.41, 5.74) is -1.28. The molecule has 0 saturated heterocycles. The number of hydrogen-bond acceptors (Lipinski definition) is 3. The number of benzene rings is 1. The van der Waals surface area contributed by atoms with E-state index in [1.54, 1.807) is 0 Å². The minimum Gasteiger partial charge on any atom is -0.476 e. The van der Waals surface area contributed by atoms with Crippen molar-refractivity contribution in [2.24, 2.45) is 0 Å². The monoisotopic (exact) mass is 335 g/mol. The molecule has 2 aromatic rings. The molecule has 0 saturated carbocycles. The fraction of sp³-hybridized carbons (Fsp3) is 0.100. The third-order valence-electron chi connectivity index (χ3n) is 2.27. The molecule has 9 heteroatoms. The highest BCUT2D eigenvalue weighted by Gasteiger charge is 2.33. The van der Waals surface area contributed by atoms with Gasteiger partial charge in [0, 0.05) is 4.47 Å². The Bertz CT molecular complexity index is 639. The van der Waals surface area contributed by atoms with E-state index in [-0.39, 0.29) is 15.9 Å². The van der Waals surface area contributed by atoms with Crippen LogP contribution in [0.4, 0.5) is 13.2 Å². The molecule has 0 aliphatic rings. The summed E-state index contributed by atoms with van der Waals surface area (Å²) < 4.78 is 38.9. The van der Waals surface area contributed by atoms with Crippen LogP contribution in [0, 0.1) is 0 Å². The lowest BCUT2D eigenvalue weighted by Crippen LogP contribution is -2.11. The molecule has 100 valence electrons. The lowest BCUT2D eigenvalue weighted by atomic mass is 10.2. The van der Waals surface area contributed by atoms with Crippen molar-refractivity contribution >= 4 is 21.9 Å². The first-order valence-corrected chi connectivity index (χ1v) is 5.61. The second kappa shape index (κ2) is 4.65. The Labute approximate surface area is 112 Å². The number of alkyl halides is 3. The van der Waals surface area contributed by atoms with Gasteiger partial charge in [-0.3, -0.25) is 0 Å². The van der Waals surface area contributed by atoms with E-state index >= 15 is 0 Å². The maximum Gasteiger partial charge on any atom is 0.417 e. The van der Waals surface area contributed by atoms with E-state index in [4.69, 9.17) is 5.11 Å². The molecule has 1 heterocycles. The molecule has 0 fully saturated rings. The number of rotatable bonds is 2. The Morgan fingerprint density at radius 2 is 2.05 bits per heavy atom. The molecule has 0 aliphatic carbocycles. The zero-order valence-corrected chi connectivity index (χ0v) is 10.6. The van der Waals surface area contributed by atoms with E-state index < -0.39 is 17.7 Å². The Morgan fingerprint density at radius 1 is 1.37 bits per heavy atom. The van der Waals surface area contributed by atoms with Crippen LogP contribution in [-0.2, 0) is 6.18 Å². The Kier molecular flexibility index (Phi) is 3.31. The average Bonchev–Trinajstić information content (AvgIpc) is 2.77. The minimum atomic E-state index is -4.56. The van der Waals surface area contributed by atoms with Crippen LogP contribution in [0.1, 0.15) is 16.1 Å². The first kappa shape index (κ1) is 13.5. The summed E-state index contributed by atoms with van der Waals surface area (Å²) in [5.74, 6) is -1.33. The van der Waals surface area contributed by atoms with Crippen LogP contribution >= 0.6 is 15.9 Å². The average molecular weight is 336 g/mol. The molecule has 1 aromatic carbocycles. The third kappa shape index (κ3) is 2.60. The molecule has 0 unspecified atom stereocenters. The summed E-state index contributed by atoms with van der Waals surface area (Å²) in [6.07, 6.45) is -3.60. The molecule has 0 amide bonds. The van der Waals surface area contributed by atoms with Gasteiger partial charge >= 0.3 is 12.1 Å². The summed E-state index contributed by atoms with van der Waals surface area (Å²) in [6.45, 7) is 0. The van der Waals surface area contributed by atoms with Gasteiger partial charge in [-0.1, -0.05) is 21.1 Å². The van der Waals surface area contributed by atoms with E-state index in [9.17, 15) is 18.0 Å². The number of carboxylic acids is 1. The van der Waals surface area contributed by atoms with Gasteiger partial charge in [0.2, 0.25) is 0 Å². The highest BCUT2D eigenvalue weighted by molar-refractivity contribution is 9.10. The maximum atomic E-state index is 12.7. The molecule has 5 nitrogen and oxygen atoms in total. The normalized spacial score (nSPS) is 11.6. The van der Waals surface area contributed by atoms with Crippen molar-refractivity contribution in [2.75, 3.05) is 0 Å². The highest BCUT2D eigenvalue weighted by Crippen LogP contribution is 2.35. The molecule has 0 radical (unpaired) electrons. The summed E-state index contributed by atoms with van der Waals surface area (Å²) in [6, 6.07) is 3.27. The molecule has 0 spiro atoms. The van der Waals surface area contributed by atoms with E-state index in [0.717, 1.165) is 16.9 Å². The zero-order valence-electron chi connectivity index (χ0n) is 9.02. The van der Waals surface area contributed by atoms with E-state index in [1.165, 1.54) is 12.1 Å². The van der Waals surface area contributed by atoms with Crippen molar-refractivity contribution in [2.45, 2.75) is 6.18 Å². The second-order valence-electron chi connectivity index (χ2n) is 3.50. The number of halogens is 4. The molecule has 19 heavy (non-hydrogen) atoms. The van der Waals surface area contributed by atoms with Crippen molar-refractivity contribution in [3.05, 3.63) is 40.1 Å². The van der Waals surface area contributed by atoms with Gasteiger partial charge in [-0.15, -0.1) is 5.10 Å². The van der Waals surface area contributed by atoms with E-state index in [2.05, 4.69) is 26.2 Å². The lowest BCUT2D eigenvalue weighted by molar-refractivity contribution is -0.138. The van der Waals surface area contributed by atoms with Crippen LogP contribution in [-0.4, -0.2) is 26.1 Å². The van der Waals surface area contributed by atoms with Gasteiger partial charge in [-0.05, 0) is 18.2 Å². The lowest BCUT2D eigenvalue weighted by Gasteiger charge is -2.11. The molecule has 1 N–H and O–H groups in total. The number of aromatic carboxylic acids is 1. The molecular formula is C10H5BrF3N3O2. The van der Waals surface area contributed by atoms with Crippen LogP contribution in [0.5, 0.6) is 0 Å². The van der Waals surface area contributed by atoms with Gasteiger partial charge < -0.3 is 5.11 Å². The molecule has 0 aliphatic heterocycles. The first-order valence-electron chi connectivity index (χ1n) is 4.82. The van der Waals surface area contributed by atoms with Gasteiger partial charge in [0.05, 0.1) is 17.4 Å². The fourth-order valence-corrected chi connectivity index (χ4v) is 1.91. The molecular weight excluding hydrogens is 331 g/mol. The van der Waals surface area contributed by atoms with Crippen molar-refractivity contribution in [1.29, 1.82) is 0 Å². The zero-order chi connectivity index (χ0) is 14.2. The standard InChI is InChI=1S/C10H5BrF3N3O2/c11-7-2-1-5(3-6(7)10(12,13)14)17-8(9(18)19)4-15-16-17/h1-4H,(H,18,19). The number of hydrogen-bond donors (Lipinski definition) is 1. The molecule has 0 bridgehead atoms. The smallest absolute Gasteiger partial charge is 0.417 e. The Morgan fingerprint density at radius 3 is 2.63 bits per heavy atom. The second-order valence-corrected chi connectivity index (χ2v) is 4.35. The topological polar surface area (TPSA) is 68.0 Å². The number of nitrogens with zero attached hydrogens (tertiary/aromatic N) is 3. The van der Waals surface area contributed by atoms with Gasteiger partial charge in [-0.25, -0.2) is 9.48 Å². The predicted molar refractivity (Wildman–Crippen MR) is 61.0 cm³/mol. The fourth-order valence-electron chi connectivity index (χ4n) is 1.43. The number of carbonyl (C=O) groups is 1. The highest BCUT2D eigenvalue weighted by atomic mass is 79.9. The minimum absolute atomic E-state index is 0.0366. The van der Waals surface area contributed by atoms with Gasteiger partial charge in [0.1, 0.15) is 0 Å². The van der Waals surface area contributed by atoms with Crippen LogP contribution in [0.3, 0.4) is 0 Å². The van der Waals surface area contributed by atoms with Crippen molar-refractivity contribution in [3.63, 3.8) is 0 Å². The summed E-state index contributed by atoms with van der Waals surface area (Å²) >= 11 is 2.80. The summed E-state index contributed by atoms with van der Waals surface area (Å²) in [7, 11) is 0. The van der Waals surface area contributed by atoms with E-state index in [0.29, 0.717) is 0 Å². The third-order valence-corrected chi connectivity index (χ3v) is 2.96. The predicted octanol–water partition coefficient (Wildman–Crippen LogP) is 2.75. The molecule has 2 rings (SSSR count). The van der Waals surface area contributed by atoms with E-state index in [1.807, 2.05) is 0 Å². The van der Waals surface area contributed by atoms with Crippen molar-refractivity contribution in [3.8, 4) is 5.69 Å². The van der Waals surface area contributed by atoms with Gasteiger partial charge in [0.15, 0.2) is 5.69 Å². The van der Waals surface area contributed by atoms with Crippen LogP contribution in [0.15, 0.2) is 28.9 Å². The quantitative estimate of drug-likeness (QED) is 0.916. The van der Waals surface area contributed by atoms with Gasteiger partial charge in [0.25, 0.3) is 0 Å². The summed E-state index contributed by atoms with van der Waals surface area (Å²) in [4.78, 5) is 10.9. The van der Waals surface area contributed by atoms with Gasteiger partial charge in [-0.2, -0.15) is 13.2 Å². The van der Waals surface area contributed by atoms with Crippen molar-refractivity contribution < 1.29 is 23.1 Å². The number of carboxylic acid groups (broad SMARTS) is 1. The van der Waals surface area contributed by atoms with Crippen molar-refractivity contribution in [1.82, 2.24) is 15.0 Å². The number of aromatic nitrogens is 3. The Balaban J connectivity index is 2.58. The van der Waals surface area contributed by atoms with Crippen LogP contribution in [0.2, 0.25) is 0 Å². The SMILES string of the molecule is O=C(O)c1cnnn1-c1ccc(Br)c(C(F)(F)F)c1. The maximum absolute atomic E-state index is 12.7. The molecule has 0 atom stereocenters. The van der Waals surface area contributed by atoms with Crippen LogP contribution < -0.4 is 0 Å². The summed E-state index contributed by atoms with van der Waals surface area (Å²) in [5, 5.41) is 15.7. The Hall–Kier alpha value is -1.90. The van der Waals surface area contributed by atoms with Crippen LogP contribution in [0.25, 0.3) is 5.69 Å². The first-order chi connectivity index (χ1) is 8.80. The molecule has 1 aromatic heterocycles. The largest absolute Gasteiger partial charge is 0.476 e.